The molecular weight excluding hydrogens is 524 g/mol. The van der Waals surface area contributed by atoms with Crippen molar-refractivity contribution in [1.82, 2.24) is 4.90 Å². The van der Waals surface area contributed by atoms with E-state index in [-0.39, 0.29) is 36.0 Å². The van der Waals surface area contributed by atoms with Crippen molar-refractivity contribution in [3.63, 3.8) is 0 Å². The number of rotatable bonds is 8. The van der Waals surface area contributed by atoms with Crippen molar-refractivity contribution in [2.75, 3.05) is 5.01 Å². The van der Waals surface area contributed by atoms with E-state index in [2.05, 4.69) is 0 Å². The number of non-ortho nitro benzene ring substituents is 1. The van der Waals surface area contributed by atoms with E-state index in [4.69, 9.17) is 9.84 Å². The summed E-state index contributed by atoms with van der Waals surface area (Å²) in [5, 5.41) is 28.2. The monoisotopic (exact) mass is 552 g/mol. The second kappa shape index (κ2) is 10.6. The number of nitrogens with zero attached hydrogens (tertiary/aromatic N) is 4. The SMILES string of the molecule is C[C@@H](O)[C@H]1C(=O)N2C(C(=O)OCc3ccc([N+](=O)[O-])cc3)=C([C@H]3CC(c4ccccc4)=NN3c3ccccc3)C[C@H]12. The van der Waals surface area contributed by atoms with Gasteiger partial charge in [0.15, 0.2) is 0 Å². The number of aliphatic hydroxyl groups excluding tert-OH is 1. The van der Waals surface area contributed by atoms with Gasteiger partial charge in [-0.2, -0.15) is 5.10 Å². The number of carbonyl (C=O) groups excluding carboxylic acids is 2. The second-order valence-electron chi connectivity index (χ2n) is 10.4. The number of nitro groups is 1. The second-order valence-corrected chi connectivity index (χ2v) is 10.4. The highest BCUT2D eigenvalue weighted by Crippen LogP contribution is 2.47. The topological polar surface area (TPSA) is 126 Å². The predicted octanol–water partition coefficient (Wildman–Crippen LogP) is 4.19. The summed E-state index contributed by atoms with van der Waals surface area (Å²) in [6.45, 7) is 1.48. The lowest BCUT2D eigenvalue weighted by atomic mass is 9.82. The summed E-state index contributed by atoms with van der Waals surface area (Å²) in [6.07, 6.45) is 0.0708. The van der Waals surface area contributed by atoms with Gasteiger partial charge >= 0.3 is 5.97 Å². The Morgan fingerprint density at radius 2 is 1.71 bits per heavy atom. The summed E-state index contributed by atoms with van der Waals surface area (Å²) < 4.78 is 5.67. The molecule has 41 heavy (non-hydrogen) atoms. The van der Waals surface area contributed by atoms with Gasteiger partial charge < -0.3 is 14.7 Å². The van der Waals surface area contributed by atoms with Crippen molar-refractivity contribution in [3.8, 4) is 0 Å². The minimum Gasteiger partial charge on any atom is -0.456 e. The normalized spacial score (nSPS) is 22.2. The van der Waals surface area contributed by atoms with Gasteiger partial charge in [-0.25, -0.2) is 4.79 Å². The van der Waals surface area contributed by atoms with E-state index in [1.165, 1.54) is 29.2 Å². The molecule has 10 heteroatoms. The van der Waals surface area contributed by atoms with Crippen LogP contribution in [-0.2, 0) is 20.9 Å². The number of aliphatic hydroxyl groups is 1. The van der Waals surface area contributed by atoms with Crippen LogP contribution in [0.1, 0.15) is 30.9 Å². The molecule has 10 nitrogen and oxygen atoms in total. The smallest absolute Gasteiger partial charge is 0.355 e. The zero-order valence-electron chi connectivity index (χ0n) is 22.3. The third-order valence-electron chi connectivity index (χ3n) is 7.91. The molecule has 6 rings (SSSR count). The molecule has 0 bridgehead atoms. The summed E-state index contributed by atoms with van der Waals surface area (Å²) in [6, 6.07) is 24.6. The molecule has 0 spiro atoms. The molecule has 3 aromatic rings. The maximum absolute atomic E-state index is 13.7. The van der Waals surface area contributed by atoms with E-state index in [0.717, 1.165) is 22.5 Å². The van der Waals surface area contributed by atoms with Gasteiger partial charge in [0.1, 0.15) is 12.3 Å². The molecule has 1 amide bonds. The first-order chi connectivity index (χ1) is 19.8. The fraction of sp³-hybridized carbons (Fsp3) is 0.258. The largest absolute Gasteiger partial charge is 0.456 e. The van der Waals surface area contributed by atoms with Crippen LogP contribution < -0.4 is 5.01 Å². The molecule has 208 valence electrons. The van der Waals surface area contributed by atoms with Crippen molar-refractivity contribution in [2.45, 2.75) is 44.6 Å². The lowest BCUT2D eigenvalue weighted by Gasteiger charge is -2.44. The fourth-order valence-electron chi connectivity index (χ4n) is 5.93. The summed E-state index contributed by atoms with van der Waals surface area (Å²) in [7, 11) is 0. The molecule has 0 saturated carbocycles. The van der Waals surface area contributed by atoms with Gasteiger partial charge in [-0.1, -0.05) is 48.5 Å². The predicted molar refractivity (Wildman–Crippen MR) is 151 cm³/mol. The van der Waals surface area contributed by atoms with Gasteiger partial charge in [0.25, 0.3) is 5.69 Å². The van der Waals surface area contributed by atoms with E-state index in [9.17, 15) is 24.8 Å². The molecule has 3 aliphatic heterocycles. The van der Waals surface area contributed by atoms with E-state index in [0.29, 0.717) is 18.4 Å². The molecule has 1 saturated heterocycles. The highest BCUT2D eigenvalue weighted by atomic mass is 16.6. The number of hydrogen-bond donors (Lipinski definition) is 1. The Kier molecular flexibility index (Phi) is 6.84. The molecule has 0 unspecified atom stereocenters. The first kappa shape index (κ1) is 26.4. The van der Waals surface area contributed by atoms with Crippen LogP contribution in [0, 0.1) is 16.0 Å². The first-order valence-corrected chi connectivity index (χ1v) is 13.5. The third-order valence-corrected chi connectivity index (χ3v) is 7.91. The Bertz CT molecular complexity index is 1550. The van der Waals surface area contributed by atoms with Crippen molar-refractivity contribution in [3.05, 3.63) is 117 Å². The Morgan fingerprint density at radius 1 is 1.05 bits per heavy atom. The summed E-state index contributed by atoms with van der Waals surface area (Å²) in [5.41, 5.74) is 4.13. The Balaban J connectivity index is 1.35. The van der Waals surface area contributed by atoms with Gasteiger partial charge in [0, 0.05) is 18.6 Å². The number of esters is 1. The number of hydrogen-bond acceptors (Lipinski definition) is 8. The molecule has 1 fully saturated rings. The van der Waals surface area contributed by atoms with E-state index in [1.807, 2.05) is 65.7 Å². The van der Waals surface area contributed by atoms with Crippen LogP contribution >= 0.6 is 0 Å². The summed E-state index contributed by atoms with van der Waals surface area (Å²) in [5.74, 6) is -1.57. The van der Waals surface area contributed by atoms with Gasteiger partial charge in [0.05, 0.1) is 40.4 Å². The van der Waals surface area contributed by atoms with Gasteiger partial charge in [0.2, 0.25) is 5.91 Å². The van der Waals surface area contributed by atoms with E-state index < -0.39 is 22.9 Å². The number of amides is 1. The zero-order valence-corrected chi connectivity index (χ0v) is 22.3. The third kappa shape index (κ3) is 4.76. The maximum Gasteiger partial charge on any atom is 0.355 e. The number of carbonyl (C=O) groups is 2. The van der Waals surface area contributed by atoms with E-state index in [1.54, 1.807) is 6.92 Å². The lowest BCUT2D eigenvalue weighted by molar-refractivity contribution is -0.384. The van der Waals surface area contributed by atoms with Crippen molar-refractivity contribution >= 4 is 29.0 Å². The number of ether oxygens (including phenoxy) is 1. The van der Waals surface area contributed by atoms with Gasteiger partial charge in [-0.3, -0.25) is 19.9 Å². The molecule has 4 atom stereocenters. The minimum atomic E-state index is -0.856. The quantitative estimate of drug-likeness (QED) is 0.192. The molecule has 1 N–H and O–H groups in total. The van der Waals surface area contributed by atoms with Crippen molar-refractivity contribution < 1.29 is 24.4 Å². The zero-order chi connectivity index (χ0) is 28.7. The first-order valence-electron chi connectivity index (χ1n) is 13.5. The van der Waals surface area contributed by atoms with Crippen LogP contribution in [0.15, 0.2) is 101 Å². The number of hydrazone groups is 1. The van der Waals surface area contributed by atoms with Crippen molar-refractivity contribution in [2.24, 2.45) is 11.0 Å². The standard InChI is InChI=1S/C31H28N4O6/c1-19(36)28-27-16-24(26-17-25(21-8-4-2-5-9-21)32-34(26)22-10-6-3-7-11-22)29(33(27)30(28)37)31(38)41-18-20-12-14-23(15-13-20)35(39)40/h2-15,19,26-28,36H,16-18H2,1H3/t19-,26-,27-,28-/m1/s1. The highest BCUT2D eigenvalue weighted by Gasteiger charge is 2.58. The number of fused-ring (bicyclic) bond motifs is 1. The van der Waals surface area contributed by atoms with Crippen LogP contribution in [0.2, 0.25) is 0 Å². The Morgan fingerprint density at radius 3 is 2.34 bits per heavy atom. The average Bonchev–Trinajstić information content (AvgIpc) is 3.57. The molecule has 0 aromatic heterocycles. The van der Waals surface area contributed by atoms with Crippen LogP contribution in [-0.4, -0.2) is 50.7 Å². The highest BCUT2D eigenvalue weighted by molar-refractivity contribution is 6.05. The minimum absolute atomic E-state index is 0.0597. The van der Waals surface area contributed by atoms with Crippen molar-refractivity contribution in [1.29, 1.82) is 0 Å². The molecule has 3 aliphatic rings. The maximum atomic E-state index is 13.7. The molecule has 0 aliphatic carbocycles. The Hall–Kier alpha value is -4.83. The Labute approximate surface area is 236 Å². The lowest BCUT2D eigenvalue weighted by Crippen LogP contribution is -2.61. The fourth-order valence-corrected chi connectivity index (χ4v) is 5.93. The molecular formula is C31H28N4O6. The van der Waals surface area contributed by atoms with Crippen LogP contribution in [0.4, 0.5) is 11.4 Å². The molecule has 3 aromatic carbocycles. The van der Waals surface area contributed by atoms with E-state index >= 15 is 0 Å². The number of β-lactam (4-membered cyclic amide) rings is 1. The number of benzene rings is 3. The average molecular weight is 553 g/mol. The van der Waals surface area contributed by atoms with Crippen LogP contribution in [0.3, 0.4) is 0 Å². The number of nitro benzene ring substituents is 1. The van der Waals surface area contributed by atoms with Gasteiger partial charge in [-0.15, -0.1) is 0 Å². The number of para-hydroxylation sites is 1. The summed E-state index contributed by atoms with van der Waals surface area (Å²) in [4.78, 5) is 38.8. The van der Waals surface area contributed by atoms with Gasteiger partial charge in [-0.05, 0) is 54.3 Å². The summed E-state index contributed by atoms with van der Waals surface area (Å²) >= 11 is 0. The van der Waals surface area contributed by atoms with Crippen LogP contribution in [0.5, 0.6) is 0 Å². The molecule has 3 heterocycles. The number of anilines is 1. The van der Waals surface area contributed by atoms with Crippen LogP contribution in [0.25, 0.3) is 0 Å². The molecule has 0 radical (unpaired) electrons.